The molecule has 0 spiro atoms. The highest BCUT2D eigenvalue weighted by Crippen LogP contribution is 2.24. The van der Waals surface area contributed by atoms with Crippen molar-refractivity contribution >= 4 is 5.78 Å². The fourth-order valence-corrected chi connectivity index (χ4v) is 2.96. The van der Waals surface area contributed by atoms with Crippen LogP contribution < -0.4 is 0 Å². The maximum Gasteiger partial charge on any atom is 0.182 e. The molecule has 0 heterocycles. The lowest BCUT2D eigenvalue weighted by Crippen LogP contribution is -2.32. The zero-order valence-electron chi connectivity index (χ0n) is 11.9. The van der Waals surface area contributed by atoms with Crippen LogP contribution in [0.25, 0.3) is 0 Å². The van der Waals surface area contributed by atoms with E-state index in [0.717, 1.165) is 18.7 Å². The normalized spacial score (nSPS) is 16.6. The average Bonchev–Trinajstić information content (AvgIpc) is 2.39. The van der Waals surface area contributed by atoms with Gasteiger partial charge >= 0.3 is 0 Å². The van der Waals surface area contributed by atoms with Crippen molar-refractivity contribution in [2.75, 3.05) is 20.1 Å². The third kappa shape index (κ3) is 3.85. The number of hydrogen-bond donors (Lipinski definition) is 0. The molecule has 1 fully saturated rings. The second kappa shape index (κ2) is 6.93. The summed E-state index contributed by atoms with van der Waals surface area (Å²) in [4.78, 5) is 13.9. The summed E-state index contributed by atoms with van der Waals surface area (Å²) in [5.41, 5.74) is -0.414. The molecule has 0 N–H and O–H groups in total. The van der Waals surface area contributed by atoms with E-state index in [0.29, 0.717) is 5.92 Å². The SMILES string of the molecule is CN(CC(=O)c1c(F)cccc1F)CC1CCCCC1. The van der Waals surface area contributed by atoms with Crippen molar-refractivity contribution in [3.05, 3.63) is 35.4 Å². The summed E-state index contributed by atoms with van der Waals surface area (Å²) in [6, 6.07) is 3.52. The van der Waals surface area contributed by atoms with E-state index in [2.05, 4.69) is 0 Å². The molecule has 1 aromatic carbocycles. The van der Waals surface area contributed by atoms with Crippen LogP contribution in [-0.4, -0.2) is 30.8 Å². The number of halogens is 2. The van der Waals surface area contributed by atoms with Crippen LogP contribution in [0.5, 0.6) is 0 Å². The molecule has 4 heteroatoms. The number of ketones is 1. The molecule has 0 saturated heterocycles. The van der Waals surface area contributed by atoms with Gasteiger partial charge in [0.1, 0.15) is 11.6 Å². The van der Waals surface area contributed by atoms with Crippen LogP contribution >= 0.6 is 0 Å². The molecule has 0 amide bonds. The molecule has 110 valence electrons. The Morgan fingerprint density at radius 2 is 1.80 bits per heavy atom. The smallest absolute Gasteiger partial charge is 0.182 e. The minimum Gasteiger partial charge on any atom is -0.299 e. The van der Waals surface area contributed by atoms with E-state index in [1.807, 2.05) is 11.9 Å². The molecule has 20 heavy (non-hydrogen) atoms. The molecular weight excluding hydrogens is 260 g/mol. The summed E-state index contributed by atoms with van der Waals surface area (Å²) in [6.45, 7) is 0.885. The Bertz CT molecular complexity index is 449. The zero-order valence-corrected chi connectivity index (χ0v) is 11.9. The van der Waals surface area contributed by atoms with E-state index in [1.54, 1.807) is 0 Å². The van der Waals surface area contributed by atoms with Gasteiger partial charge in [-0.25, -0.2) is 8.78 Å². The highest BCUT2D eigenvalue weighted by atomic mass is 19.1. The Kier molecular flexibility index (Phi) is 5.24. The number of likely N-dealkylation sites (N-methyl/N-ethyl adjacent to an activating group) is 1. The van der Waals surface area contributed by atoms with E-state index >= 15 is 0 Å². The molecule has 0 bridgehead atoms. The van der Waals surface area contributed by atoms with Crippen LogP contribution in [-0.2, 0) is 0 Å². The van der Waals surface area contributed by atoms with Crippen molar-refractivity contribution in [3.8, 4) is 0 Å². The molecular formula is C16H21F2NO. The van der Waals surface area contributed by atoms with Gasteiger partial charge in [-0.05, 0) is 37.9 Å². The van der Waals surface area contributed by atoms with Crippen molar-refractivity contribution < 1.29 is 13.6 Å². The van der Waals surface area contributed by atoms with E-state index in [4.69, 9.17) is 0 Å². The molecule has 2 rings (SSSR count). The summed E-state index contributed by atoms with van der Waals surface area (Å²) in [7, 11) is 1.84. The second-order valence-electron chi connectivity index (χ2n) is 5.72. The molecule has 0 aliphatic heterocycles. The molecule has 0 aromatic heterocycles. The van der Waals surface area contributed by atoms with Gasteiger partial charge < -0.3 is 0 Å². The molecule has 2 nitrogen and oxygen atoms in total. The molecule has 1 saturated carbocycles. The summed E-state index contributed by atoms with van der Waals surface area (Å²) < 4.78 is 27.1. The summed E-state index contributed by atoms with van der Waals surface area (Å²) in [6.07, 6.45) is 6.15. The summed E-state index contributed by atoms with van der Waals surface area (Å²) >= 11 is 0. The first-order chi connectivity index (χ1) is 9.58. The standard InChI is InChI=1S/C16H21F2NO/c1-19(10-12-6-3-2-4-7-12)11-15(20)16-13(17)8-5-9-14(16)18/h5,8-9,12H,2-4,6-7,10-11H2,1H3. The van der Waals surface area contributed by atoms with Gasteiger partial charge in [-0.2, -0.15) is 0 Å². The highest BCUT2D eigenvalue weighted by Gasteiger charge is 2.20. The van der Waals surface area contributed by atoms with Crippen molar-refractivity contribution in [3.63, 3.8) is 0 Å². The van der Waals surface area contributed by atoms with Crippen LogP contribution in [0.3, 0.4) is 0 Å². The number of nitrogens with zero attached hydrogens (tertiary/aromatic N) is 1. The lowest BCUT2D eigenvalue weighted by Gasteiger charge is -2.26. The first kappa shape index (κ1) is 15.1. The van der Waals surface area contributed by atoms with Gasteiger partial charge in [0.05, 0.1) is 12.1 Å². The van der Waals surface area contributed by atoms with Crippen molar-refractivity contribution in [1.29, 1.82) is 0 Å². The topological polar surface area (TPSA) is 20.3 Å². The Balaban J connectivity index is 1.93. The predicted molar refractivity (Wildman–Crippen MR) is 74.8 cm³/mol. The van der Waals surface area contributed by atoms with Gasteiger partial charge in [0.25, 0.3) is 0 Å². The van der Waals surface area contributed by atoms with Gasteiger partial charge in [-0.3, -0.25) is 9.69 Å². The Labute approximate surface area is 118 Å². The van der Waals surface area contributed by atoms with Crippen LogP contribution in [0.4, 0.5) is 8.78 Å². The highest BCUT2D eigenvalue weighted by molar-refractivity contribution is 5.98. The third-order valence-electron chi connectivity index (χ3n) is 3.95. The molecule has 0 radical (unpaired) electrons. The monoisotopic (exact) mass is 281 g/mol. The van der Waals surface area contributed by atoms with Crippen LogP contribution in [0.15, 0.2) is 18.2 Å². The van der Waals surface area contributed by atoms with E-state index < -0.39 is 23.0 Å². The fraction of sp³-hybridized carbons (Fsp3) is 0.562. The van der Waals surface area contributed by atoms with Crippen molar-refractivity contribution in [1.82, 2.24) is 4.90 Å². The van der Waals surface area contributed by atoms with Gasteiger partial charge in [0.15, 0.2) is 5.78 Å². The van der Waals surface area contributed by atoms with E-state index in [1.165, 1.54) is 38.2 Å². The largest absolute Gasteiger partial charge is 0.299 e. The quantitative estimate of drug-likeness (QED) is 0.768. The molecule has 1 aliphatic carbocycles. The number of hydrogen-bond acceptors (Lipinski definition) is 2. The minimum absolute atomic E-state index is 0.0638. The van der Waals surface area contributed by atoms with Gasteiger partial charge in [-0.15, -0.1) is 0 Å². The van der Waals surface area contributed by atoms with E-state index in [9.17, 15) is 13.6 Å². The maximum absolute atomic E-state index is 13.5. The number of carbonyl (C=O) groups is 1. The van der Waals surface area contributed by atoms with Gasteiger partial charge in [-0.1, -0.05) is 25.3 Å². The molecule has 0 unspecified atom stereocenters. The van der Waals surface area contributed by atoms with E-state index in [-0.39, 0.29) is 6.54 Å². The van der Waals surface area contributed by atoms with Crippen LogP contribution in [0, 0.1) is 17.6 Å². The maximum atomic E-state index is 13.5. The first-order valence-electron chi connectivity index (χ1n) is 7.23. The number of carbonyl (C=O) groups excluding carboxylic acids is 1. The van der Waals surface area contributed by atoms with Gasteiger partial charge in [0.2, 0.25) is 0 Å². The summed E-state index contributed by atoms with van der Waals surface area (Å²) in [5.74, 6) is -1.44. The minimum atomic E-state index is -0.777. The van der Waals surface area contributed by atoms with Gasteiger partial charge in [0, 0.05) is 6.54 Å². The lowest BCUT2D eigenvalue weighted by atomic mass is 9.89. The van der Waals surface area contributed by atoms with Crippen molar-refractivity contribution in [2.45, 2.75) is 32.1 Å². The average molecular weight is 281 g/mol. The van der Waals surface area contributed by atoms with Crippen molar-refractivity contribution in [2.24, 2.45) is 5.92 Å². The molecule has 1 aliphatic rings. The third-order valence-corrected chi connectivity index (χ3v) is 3.95. The Morgan fingerprint density at radius 1 is 1.20 bits per heavy atom. The number of benzene rings is 1. The first-order valence-corrected chi connectivity index (χ1v) is 7.23. The fourth-order valence-electron chi connectivity index (χ4n) is 2.96. The summed E-state index contributed by atoms with van der Waals surface area (Å²) in [5, 5.41) is 0. The zero-order chi connectivity index (χ0) is 14.5. The second-order valence-corrected chi connectivity index (χ2v) is 5.72. The molecule has 1 aromatic rings. The molecule has 0 atom stereocenters. The van der Waals surface area contributed by atoms with Crippen LogP contribution in [0.2, 0.25) is 0 Å². The van der Waals surface area contributed by atoms with Crippen LogP contribution in [0.1, 0.15) is 42.5 Å². The number of rotatable bonds is 5. The number of Topliss-reactive ketones (excluding diaryl/α,β-unsaturated/α-hetero) is 1. The Morgan fingerprint density at radius 3 is 2.40 bits per heavy atom. The Hall–Kier alpha value is -1.29. The predicted octanol–water partition coefficient (Wildman–Crippen LogP) is 3.66. The lowest BCUT2D eigenvalue weighted by molar-refractivity contribution is 0.0924.